The Balaban J connectivity index is 2.08. The molecule has 1 atom stereocenters. The van der Waals surface area contributed by atoms with E-state index in [-0.39, 0.29) is 11.8 Å². The third-order valence-electron chi connectivity index (χ3n) is 3.45. The highest BCUT2D eigenvalue weighted by Crippen LogP contribution is 2.19. The topological polar surface area (TPSA) is 71.1 Å². The van der Waals surface area contributed by atoms with Gasteiger partial charge in [0.25, 0.3) is 5.91 Å². The number of hydrogen-bond donors (Lipinski definition) is 2. The van der Waals surface area contributed by atoms with E-state index in [4.69, 9.17) is 0 Å². The Bertz CT molecular complexity index is 651. The first kappa shape index (κ1) is 17.1. The van der Waals surface area contributed by atoms with Crippen molar-refractivity contribution >= 4 is 23.2 Å². The molecular formula is C17H21N3O2S. The Kier molecular flexibility index (Phi) is 5.87. The molecule has 0 radical (unpaired) electrons. The van der Waals surface area contributed by atoms with Crippen LogP contribution in [0.15, 0.2) is 35.2 Å². The van der Waals surface area contributed by atoms with Crippen molar-refractivity contribution in [1.82, 2.24) is 15.6 Å². The van der Waals surface area contributed by atoms with Crippen LogP contribution in [0.4, 0.5) is 0 Å². The number of likely N-dealkylation sites (N-methyl/N-ethyl adjacent to an activating group) is 1. The molecule has 0 aliphatic carbocycles. The van der Waals surface area contributed by atoms with Crippen LogP contribution in [0.5, 0.6) is 0 Å². The second-order valence-corrected chi connectivity index (χ2v) is 6.44. The quantitative estimate of drug-likeness (QED) is 0.855. The Labute approximate surface area is 140 Å². The fourth-order valence-corrected chi connectivity index (χ4v) is 2.83. The number of aromatic nitrogens is 1. The molecule has 0 aliphatic heterocycles. The Hall–Kier alpha value is -2.21. The number of amides is 2. The summed E-state index contributed by atoms with van der Waals surface area (Å²) in [5, 5.41) is 7.36. The maximum atomic E-state index is 12.4. The van der Waals surface area contributed by atoms with Crippen molar-refractivity contribution in [2.45, 2.75) is 26.3 Å². The van der Waals surface area contributed by atoms with E-state index in [1.807, 2.05) is 31.4 Å². The van der Waals surface area contributed by atoms with Crippen LogP contribution in [-0.2, 0) is 4.79 Å². The third kappa shape index (κ3) is 4.63. The zero-order valence-corrected chi connectivity index (χ0v) is 14.3. The van der Waals surface area contributed by atoms with Gasteiger partial charge in [-0.25, -0.2) is 4.98 Å². The van der Waals surface area contributed by atoms with Gasteiger partial charge in [0.15, 0.2) is 0 Å². The monoisotopic (exact) mass is 331 g/mol. The summed E-state index contributed by atoms with van der Waals surface area (Å²) in [6, 6.07) is 6.70. The molecule has 6 heteroatoms. The van der Waals surface area contributed by atoms with Gasteiger partial charge in [0.05, 0.1) is 11.2 Å². The Morgan fingerprint density at radius 2 is 1.91 bits per heavy atom. The highest BCUT2D eigenvalue weighted by Gasteiger charge is 2.21. The van der Waals surface area contributed by atoms with Crippen LogP contribution in [-0.4, -0.2) is 29.9 Å². The summed E-state index contributed by atoms with van der Waals surface area (Å²) in [5.74, 6) is -0.111. The standard InChI is InChI=1S/C17H21N3O2S/c1-11(2)8-14(17(22)18-3)20-16(21)13-6-4-12(5-7-13)15-9-23-10-19-15/h4-7,9-11,14H,8H2,1-3H3,(H,18,22)(H,20,21). The molecule has 23 heavy (non-hydrogen) atoms. The molecule has 0 fully saturated rings. The Morgan fingerprint density at radius 1 is 1.22 bits per heavy atom. The van der Waals surface area contributed by atoms with Gasteiger partial charge < -0.3 is 10.6 Å². The van der Waals surface area contributed by atoms with Crippen LogP contribution in [0.25, 0.3) is 11.3 Å². The van der Waals surface area contributed by atoms with E-state index < -0.39 is 6.04 Å². The van der Waals surface area contributed by atoms with Gasteiger partial charge in [-0.2, -0.15) is 0 Å². The molecule has 0 saturated carbocycles. The number of benzene rings is 1. The normalized spacial score (nSPS) is 12.0. The summed E-state index contributed by atoms with van der Waals surface area (Å²) in [5.41, 5.74) is 4.16. The van der Waals surface area contributed by atoms with Gasteiger partial charge in [-0.15, -0.1) is 11.3 Å². The maximum Gasteiger partial charge on any atom is 0.251 e. The summed E-state index contributed by atoms with van der Waals surface area (Å²) in [6.45, 7) is 4.04. The summed E-state index contributed by atoms with van der Waals surface area (Å²) in [7, 11) is 1.57. The first-order chi connectivity index (χ1) is 11.0. The van der Waals surface area contributed by atoms with Gasteiger partial charge in [-0.1, -0.05) is 26.0 Å². The molecule has 0 spiro atoms. The Morgan fingerprint density at radius 3 is 2.43 bits per heavy atom. The third-order valence-corrected chi connectivity index (χ3v) is 4.04. The summed E-state index contributed by atoms with van der Waals surface area (Å²) in [6.07, 6.45) is 0.600. The van der Waals surface area contributed by atoms with Gasteiger partial charge in [0.2, 0.25) is 5.91 Å². The van der Waals surface area contributed by atoms with Crippen LogP contribution < -0.4 is 10.6 Å². The lowest BCUT2D eigenvalue weighted by molar-refractivity contribution is -0.122. The molecule has 122 valence electrons. The minimum Gasteiger partial charge on any atom is -0.357 e. The SMILES string of the molecule is CNC(=O)C(CC(C)C)NC(=O)c1ccc(-c2cscn2)cc1. The summed E-state index contributed by atoms with van der Waals surface area (Å²) >= 11 is 1.53. The molecule has 2 rings (SSSR count). The highest BCUT2D eigenvalue weighted by atomic mass is 32.1. The number of thiazole rings is 1. The number of rotatable bonds is 6. The van der Waals surface area contributed by atoms with E-state index in [0.29, 0.717) is 17.9 Å². The van der Waals surface area contributed by atoms with Crippen molar-refractivity contribution in [3.63, 3.8) is 0 Å². The lowest BCUT2D eigenvalue weighted by atomic mass is 10.0. The van der Waals surface area contributed by atoms with Crippen molar-refractivity contribution in [3.8, 4) is 11.3 Å². The van der Waals surface area contributed by atoms with Crippen LogP contribution >= 0.6 is 11.3 Å². The van der Waals surface area contributed by atoms with Crippen LogP contribution in [0.1, 0.15) is 30.6 Å². The van der Waals surface area contributed by atoms with Crippen molar-refractivity contribution < 1.29 is 9.59 Å². The zero-order valence-electron chi connectivity index (χ0n) is 13.5. The number of nitrogens with one attached hydrogen (secondary N) is 2. The van der Waals surface area contributed by atoms with Gasteiger partial charge in [-0.3, -0.25) is 9.59 Å². The molecule has 5 nitrogen and oxygen atoms in total. The average Bonchev–Trinajstić information content (AvgIpc) is 3.07. The minimum atomic E-state index is -0.522. The predicted octanol–water partition coefficient (Wildman–Crippen LogP) is 2.70. The van der Waals surface area contributed by atoms with Gasteiger partial charge >= 0.3 is 0 Å². The molecule has 0 saturated heterocycles. The van der Waals surface area contributed by atoms with E-state index in [1.165, 1.54) is 11.3 Å². The number of hydrogen-bond acceptors (Lipinski definition) is 4. The van der Waals surface area contributed by atoms with E-state index in [0.717, 1.165) is 11.3 Å². The van der Waals surface area contributed by atoms with Crippen LogP contribution in [0.3, 0.4) is 0 Å². The van der Waals surface area contributed by atoms with E-state index >= 15 is 0 Å². The molecular weight excluding hydrogens is 310 g/mol. The largest absolute Gasteiger partial charge is 0.357 e. The van der Waals surface area contributed by atoms with Crippen molar-refractivity contribution in [3.05, 3.63) is 40.7 Å². The van der Waals surface area contributed by atoms with Crippen LogP contribution in [0, 0.1) is 5.92 Å². The van der Waals surface area contributed by atoms with Crippen molar-refractivity contribution in [2.75, 3.05) is 7.05 Å². The van der Waals surface area contributed by atoms with Gasteiger partial charge in [0, 0.05) is 23.6 Å². The predicted molar refractivity (Wildman–Crippen MR) is 92.3 cm³/mol. The smallest absolute Gasteiger partial charge is 0.251 e. The summed E-state index contributed by atoms with van der Waals surface area (Å²) in [4.78, 5) is 28.5. The number of nitrogens with zero attached hydrogens (tertiary/aromatic N) is 1. The lowest BCUT2D eigenvalue weighted by Crippen LogP contribution is -2.46. The zero-order chi connectivity index (χ0) is 16.8. The number of carbonyl (C=O) groups is 2. The molecule has 0 aliphatic rings. The molecule has 2 amide bonds. The van der Waals surface area contributed by atoms with E-state index in [1.54, 1.807) is 24.7 Å². The molecule has 1 aromatic carbocycles. The first-order valence-corrected chi connectivity index (χ1v) is 8.46. The second kappa shape index (κ2) is 7.87. The van der Waals surface area contributed by atoms with E-state index in [9.17, 15) is 9.59 Å². The molecule has 1 unspecified atom stereocenters. The molecule has 1 aromatic heterocycles. The lowest BCUT2D eigenvalue weighted by Gasteiger charge is -2.19. The first-order valence-electron chi connectivity index (χ1n) is 7.52. The maximum absolute atomic E-state index is 12.4. The molecule has 0 bridgehead atoms. The number of carbonyl (C=O) groups excluding carboxylic acids is 2. The van der Waals surface area contributed by atoms with Crippen molar-refractivity contribution in [1.29, 1.82) is 0 Å². The molecule has 1 heterocycles. The van der Waals surface area contributed by atoms with Gasteiger partial charge in [0.1, 0.15) is 6.04 Å². The van der Waals surface area contributed by atoms with Crippen molar-refractivity contribution in [2.24, 2.45) is 5.92 Å². The average molecular weight is 331 g/mol. The van der Waals surface area contributed by atoms with Crippen LogP contribution in [0.2, 0.25) is 0 Å². The second-order valence-electron chi connectivity index (χ2n) is 5.72. The molecule has 2 N–H and O–H groups in total. The molecule has 2 aromatic rings. The fourth-order valence-electron chi connectivity index (χ4n) is 2.27. The fraction of sp³-hybridized carbons (Fsp3) is 0.353. The van der Waals surface area contributed by atoms with Gasteiger partial charge in [-0.05, 0) is 24.5 Å². The minimum absolute atomic E-state index is 0.175. The summed E-state index contributed by atoms with van der Waals surface area (Å²) < 4.78 is 0. The highest BCUT2D eigenvalue weighted by molar-refractivity contribution is 7.07. The van der Waals surface area contributed by atoms with E-state index in [2.05, 4.69) is 15.6 Å².